The van der Waals surface area contributed by atoms with Crippen molar-refractivity contribution in [1.29, 1.82) is 0 Å². The fourth-order valence-corrected chi connectivity index (χ4v) is 3.31. The molecule has 2 aliphatic rings. The molecule has 0 radical (unpaired) electrons. The van der Waals surface area contributed by atoms with Gasteiger partial charge in [0, 0.05) is 12.1 Å². The molecule has 0 aromatic rings. The van der Waals surface area contributed by atoms with Crippen molar-refractivity contribution >= 4 is 0 Å². The van der Waals surface area contributed by atoms with E-state index in [1.807, 2.05) is 0 Å². The molecule has 0 heterocycles. The lowest BCUT2D eigenvalue weighted by Gasteiger charge is -2.44. The Morgan fingerprint density at radius 3 is 2.44 bits per heavy atom. The maximum Gasteiger partial charge on any atom is 0.0695 e. The molecule has 2 aliphatic carbocycles. The molecule has 0 saturated heterocycles. The zero-order valence-electron chi connectivity index (χ0n) is 12.7. The van der Waals surface area contributed by atoms with Crippen LogP contribution in [0.2, 0.25) is 0 Å². The second-order valence-electron chi connectivity index (χ2n) is 7.69. The van der Waals surface area contributed by atoms with Crippen LogP contribution in [0.4, 0.5) is 0 Å². The van der Waals surface area contributed by atoms with E-state index >= 15 is 0 Å². The molecule has 1 N–H and O–H groups in total. The van der Waals surface area contributed by atoms with E-state index in [1.54, 1.807) is 0 Å². The average Bonchev–Trinajstić information content (AvgIpc) is 3.07. The van der Waals surface area contributed by atoms with Gasteiger partial charge in [-0.1, -0.05) is 27.7 Å². The van der Waals surface area contributed by atoms with Gasteiger partial charge in [0.05, 0.1) is 6.10 Å². The van der Waals surface area contributed by atoms with Crippen molar-refractivity contribution in [2.75, 3.05) is 6.54 Å². The summed E-state index contributed by atoms with van der Waals surface area (Å²) >= 11 is 0. The summed E-state index contributed by atoms with van der Waals surface area (Å²) in [6, 6.07) is 1.19. The van der Waals surface area contributed by atoms with E-state index in [4.69, 9.17) is 0 Å². The molecular formula is C16H31NO. The standard InChI is InChI=1S/C16H31NO/c1-12(2)8-10-17(13-5-6-13)14-11-16(3,4)9-7-15(14)18/h12-15,18H,5-11H2,1-4H3. The van der Waals surface area contributed by atoms with Crippen LogP contribution in [0.1, 0.15) is 66.2 Å². The highest BCUT2D eigenvalue weighted by Crippen LogP contribution is 2.41. The normalized spacial score (nSPS) is 32.2. The van der Waals surface area contributed by atoms with Crippen molar-refractivity contribution < 1.29 is 5.11 Å². The van der Waals surface area contributed by atoms with E-state index in [0.717, 1.165) is 18.4 Å². The predicted octanol–water partition coefficient (Wildman–Crippen LogP) is 3.44. The number of hydrogen-bond acceptors (Lipinski definition) is 2. The third-order valence-corrected chi connectivity index (χ3v) is 4.73. The smallest absolute Gasteiger partial charge is 0.0695 e. The van der Waals surface area contributed by atoms with E-state index in [9.17, 15) is 5.11 Å². The molecule has 106 valence electrons. The Kier molecular flexibility index (Phi) is 4.38. The van der Waals surface area contributed by atoms with Gasteiger partial charge in [0.1, 0.15) is 0 Å². The Morgan fingerprint density at radius 2 is 1.89 bits per heavy atom. The minimum atomic E-state index is -0.0919. The predicted molar refractivity (Wildman–Crippen MR) is 76.6 cm³/mol. The summed E-state index contributed by atoms with van der Waals surface area (Å²) in [5.74, 6) is 0.764. The largest absolute Gasteiger partial charge is 0.391 e. The number of aliphatic hydroxyl groups is 1. The van der Waals surface area contributed by atoms with Gasteiger partial charge in [-0.25, -0.2) is 0 Å². The third kappa shape index (κ3) is 3.71. The van der Waals surface area contributed by atoms with Gasteiger partial charge in [-0.3, -0.25) is 4.90 Å². The highest BCUT2D eigenvalue weighted by molar-refractivity contribution is 4.96. The van der Waals surface area contributed by atoms with Gasteiger partial charge in [-0.05, 0) is 56.4 Å². The number of nitrogens with zero attached hydrogens (tertiary/aromatic N) is 1. The first-order chi connectivity index (χ1) is 8.39. The molecule has 2 rings (SSSR count). The average molecular weight is 253 g/mol. The molecule has 0 spiro atoms. The fourth-order valence-electron chi connectivity index (χ4n) is 3.31. The Balaban J connectivity index is 1.99. The van der Waals surface area contributed by atoms with Crippen LogP contribution >= 0.6 is 0 Å². The van der Waals surface area contributed by atoms with Crippen molar-refractivity contribution in [3.8, 4) is 0 Å². The van der Waals surface area contributed by atoms with Crippen LogP contribution in [0.15, 0.2) is 0 Å². The SMILES string of the molecule is CC(C)CCN(C1CC1)C1CC(C)(C)CCC1O. The van der Waals surface area contributed by atoms with Crippen molar-refractivity contribution in [2.24, 2.45) is 11.3 Å². The number of aliphatic hydroxyl groups excluding tert-OH is 1. The van der Waals surface area contributed by atoms with Gasteiger partial charge >= 0.3 is 0 Å². The first kappa shape index (κ1) is 14.3. The summed E-state index contributed by atoms with van der Waals surface area (Å²) < 4.78 is 0. The fraction of sp³-hybridized carbons (Fsp3) is 1.00. The van der Waals surface area contributed by atoms with Crippen molar-refractivity contribution in [1.82, 2.24) is 4.90 Å². The van der Waals surface area contributed by atoms with Crippen LogP contribution in [-0.2, 0) is 0 Å². The monoisotopic (exact) mass is 253 g/mol. The Bertz CT molecular complexity index is 270. The van der Waals surface area contributed by atoms with E-state index in [2.05, 4.69) is 32.6 Å². The van der Waals surface area contributed by atoms with Crippen molar-refractivity contribution in [2.45, 2.75) is 84.4 Å². The molecule has 0 aliphatic heterocycles. The summed E-state index contributed by atoms with van der Waals surface area (Å²) in [5, 5.41) is 10.4. The van der Waals surface area contributed by atoms with Crippen LogP contribution < -0.4 is 0 Å². The molecule has 2 nitrogen and oxygen atoms in total. The Morgan fingerprint density at radius 1 is 1.22 bits per heavy atom. The summed E-state index contributed by atoms with van der Waals surface area (Å²) in [5.41, 5.74) is 0.412. The van der Waals surface area contributed by atoms with Gasteiger partial charge in [-0.15, -0.1) is 0 Å². The molecule has 0 bridgehead atoms. The van der Waals surface area contributed by atoms with Crippen LogP contribution in [0.25, 0.3) is 0 Å². The second-order valence-corrected chi connectivity index (χ2v) is 7.69. The second kappa shape index (κ2) is 5.50. The van der Waals surface area contributed by atoms with Gasteiger partial charge < -0.3 is 5.11 Å². The summed E-state index contributed by atoms with van der Waals surface area (Å²) in [6.07, 6.45) is 7.20. The molecule has 2 heteroatoms. The first-order valence-corrected chi connectivity index (χ1v) is 7.83. The minimum absolute atomic E-state index is 0.0919. The molecule has 2 unspecified atom stereocenters. The van der Waals surface area contributed by atoms with E-state index < -0.39 is 0 Å². The summed E-state index contributed by atoms with van der Waals surface area (Å²) in [4.78, 5) is 2.64. The van der Waals surface area contributed by atoms with Gasteiger partial charge in [0.25, 0.3) is 0 Å². The zero-order chi connectivity index (χ0) is 13.3. The highest BCUT2D eigenvalue weighted by Gasteiger charge is 2.42. The van der Waals surface area contributed by atoms with E-state index in [-0.39, 0.29) is 6.10 Å². The molecule has 18 heavy (non-hydrogen) atoms. The van der Waals surface area contributed by atoms with Gasteiger partial charge in [-0.2, -0.15) is 0 Å². The molecule has 2 atom stereocenters. The lowest BCUT2D eigenvalue weighted by atomic mass is 9.73. The first-order valence-electron chi connectivity index (χ1n) is 7.83. The van der Waals surface area contributed by atoms with Crippen LogP contribution in [0.5, 0.6) is 0 Å². The van der Waals surface area contributed by atoms with Crippen molar-refractivity contribution in [3.63, 3.8) is 0 Å². The van der Waals surface area contributed by atoms with Gasteiger partial charge in [0.2, 0.25) is 0 Å². The topological polar surface area (TPSA) is 23.5 Å². The maximum atomic E-state index is 10.4. The number of rotatable bonds is 5. The molecule has 0 aromatic heterocycles. The lowest BCUT2D eigenvalue weighted by molar-refractivity contribution is -0.0222. The van der Waals surface area contributed by atoms with E-state index in [0.29, 0.717) is 11.5 Å². The Labute approximate surface area is 113 Å². The zero-order valence-corrected chi connectivity index (χ0v) is 12.7. The third-order valence-electron chi connectivity index (χ3n) is 4.73. The van der Waals surface area contributed by atoms with Crippen molar-refractivity contribution in [3.05, 3.63) is 0 Å². The highest BCUT2D eigenvalue weighted by atomic mass is 16.3. The summed E-state index contributed by atoms with van der Waals surface area (Å²) in [6.45, 7) is 10.5. The van der Waals surface area contributed by atoms with Crippen LogP contribution in [0.3, 0.4) is 0 Å². The van der Waals surface area contributed by atoms with Crippen LogP contribution in [0, 0.1) is 11.3 Å². The summed E-state index contributed by atoms with van der Waals surface area (Å²) in [7, 11) is 0. The van der Waals surface area contributed by atoms with E-state index in [1.165, 1.54) is 38.6 Å². The molecular weight excluding hydrogens is 222 g/mol. The molecule has 2 saturated carbocycles. The quantitative estimate of drug-likeness (QED) is 0.811. The lowest BCUT2D eigenvalue weighted by Crippen LogP contribution is -2.50. The van der Waals surface area contributed by atoms with Gasteiger partial charge in [0.15, 0.2) is 0 Å². The minimum Gasteiger partial charge on any atom is -0.391 e. The molecule has 2 fully saturated rings. The number of hydrogen-bond donors (Lipinski definition) is 1. The van der Waals surface area contributed by atoms with Crippen LogP contribution in [-0.4, -0.2) is 34.7 Å². The molecule has 0 amide bonds. The Hall–Kier alpha value is -0.0800. The molecule has 0 aromatic carbocycles. The maximum absolute atomic E-state index is 10.4.